The van der Waals surface area contributed by atoms with Crippen LogP contribution in [-0.4, -0.2) is 30.6 Å². The molecule has 1 N–H and O–H groups in total. The van der Waals surface area contributed by atoms with Crippen LogP contribution in [0, 0.1) is 17.1 Å². The Kier molecular flexibility index (Phi) is 4.75. The fourth-order valence-corrected chi connectivity index (χ4v) is 2.60. The first-order valence-corrected chi connectivity index (χ1v) is 6.88. The molecule has 1 unspecified atom stereocenters. The van der Waals surface area contributed by atoms with Gasteiger partial charge in [-0.25, -0.2) is 4.39 Å². The molecule has 0 bridgehead atoms. The first-order valence-electron chi connectivity index (χ1n) is 6.88. The van der Waals surface area contributed by atoms with Crippen molar-refractivity contribution in [1.29, 1.82) is 5.26 Å². The Morgan fingerprint density at radius 2 is 2.11 bits per heavy atom. The third-order valence-electron chi connectivity index (χ3n) is 3.51. The van der Waals surface area contributed by atoms with Crippen LogP contribution in [0.5, 0.6) is 0 Å². The number of hydrogen-bond donors (Lipinski definition) is 1. The van der Waals surface area contributed by atoms with E-state index in [0.717, 1.165) is 19.6 Å². The van der Waals surface area contributed by atoms with E-state index in [0.29, 0.717) is 5.69 Å². The average Bonchev–Trinajstić information content (AvgIpc) is 2.40. The van der Waals surface area contributed by atoms with E-state index in [1.807, 2.05) is 6.07 Å². The van der Waals surface area contributed by atoms with Crippen molar-refractivity contribution in [2.75, 3.05) is 25.0 Å². The molecule has 19 heavy (non-hydrogen) atoms. The smallest absolute Gasteiger partial charge is 0.143 e. The molecule has 1 saturated heterocycles. The molecular formula is C15H20FN3. The molecule has 1 aromatic rings. The van der Waals surface area contributed by atoms with Crippen LogP contribution >= 0.6 is 0 Å². The second-order valence-electron chi connectivity index (χ2n) is 5.18. The molecule has 1 heterocycles. The maximum Gasteiger partial charge on any atom is 0.143 e. The molecule has 1 aliphatic rings. The predicted molar refractivity (Wildman–Crippen MR) is 74.5 cm³/mol. The Morgan fingerprint density at radius 1 is 1.37 bits per heavy atom. The molecule has 0 aliphatic carbocycles. The van der Waals surface area contributed by atoms with Gasteiger partial charge in [-0.2, -0.15) is 5.26 Å². The first kappa shape index (κ1) is 13.8. The maximum atomic E-state index is 13.5. The highest BCUT2D eigenvalue weighted by atomic mass is 19.1. The molecule has 3 nitrogen and oxygen atoms in total. The van der Waals surface area contributed by atoms with Crippen LogP contribution in [0.2, 0.25) is 0 Å². The second-order valence-corrected chi connectivity index (χ2v) is 5.18. The highest BCUT2D eigenvalue weighted by molar-refractivity contribution is 5.58. The minimum absolute atomic E-state index is 0.105. The summed E-state index contributed by atoms with van der Waals surface area (Å²) in [4.78, 5) is 2.42. The van der Waals surface area contributed by atoms with Gasteiger partial charge in [-0.05, 0) is 45.0 Å². The van der Waals surface area contributed by atoms with Crippen molar-refractivity contribution in [2.24, 2.45) is 0 Å². The second kappa shape index (κ2) is 6.53. The Labute approximate surface area is 114 Å². The van der Waals surface area contributed by atoms with Gasteiger partial charge in [0, 0.05) is 12.6 Å². The van der Waals surface area contributed by atoms with E-state index in [9.17, 15) is 4.39 Å². The van der Waals surface area contributed by atoms with Gasteiger partial charge in [-0.15, -0.1) is 0 Å². The first-order chi connectivity index (χ1) is 9.20. The van der Waals surface area contributed by atoms with Gasteiger partial charge in [0.05, 0.1) is 5.69 Å². The normalized spacial score (nSPS) is 17.7. The standard InChI is InChI=1S/C15H20FN3/c1-12(11-19-8-3-2-4-9-19)18-15-7-5-6-14(16)13(15)10-17/h5-7,12,18H,2-4,8-9,11H2,1H3. The maximum absolute atomic E-state index is 13.5. The predicted octanol–water partition coefficient (Wildman–Crippen LogP) is 2.98. The topological polar surface area (TPSA) is 39.1 Å². The third kappa shape index (κ3) is 3.68. The molecule has 0 radical (unpaired) electrons. The lowest BCUT2D eigenvalue weighted by Crippen LogP contribution is -2.38. The monoisotopic (exact) mass is 261 g/mol. The number of anilines is 1. The summed E-state index contributed by atoms with van der Waals surface area (Å²) >= 11 is 0. The lowest BCUT2D eigenvalue weighted by atomic mass is 10.1. The number of halogens is 1. The molecule has 0 aromatic heterocycles. The summed E-state index contributed by atoms with van der Waals surface area (Å²) < 4.78 is 13.5. The van der Waals surface area contributed by atoms with E-state index < -0.39 is 5.82 Å². The van der Waals surface area contributed by atoms with Crippen LogP contribution in [0.25, 0.3) is 0 Å². The molecule has 0 amide bonds. The Bertz CT molecular complexity index is 461. The molecular weight excluding hydrogens is 241 g/mol. The number of hydrogen-bond acceptors (Lipinski definition) is 3. The van der Waals surface area contributed by atoms with Crippen molar-refractivity contribution in [3.05, 3.63) is 29.6 Å². The van der Waals surface area contributed by atoms with Gasteiger partial charge in [0.1, 0.15) is 17.4 Å². The lowest BCUT2D eigenvalue weighted by Gasteiger charge is -2.29. The molecule has 1 atom stereocenters. The highest BCUT2D eigenvalue weighted by Crippen LogP contribution is 2.19. The lowest BCUT2D eigenvalue weighted by molar-refractivity contribution is 0.223. The molecule has 1 aromatic carbocycles. The Hall–Kier alpha value is -1.60. The van der Waals surface area contributed by atoms with Gasteiger partial charge in [0.2, 0.25) is 0 Å². The molecule has 1 aliphatic heterocycles. The average molecular weight is 261 g/mol. The SMILES string of the molecule is CC(CN1CCCCC1)Nc1cccc(F)c1C#N. The largest absolute Gasteiger partial charge is 0.380 e. The molecule has 102 valence electrons. The van der Waals surface area contributed by atoms with Crippen LogP contribution in [-0.2, 0) is 0 Å². The number of nitrogens with one attached hydrogen (secondary N) is 1. The fourth-order valence-electron chi connectivity index (χ4n) is 2.60. The Morgan fingerprint density at radius 3 is 2.79 bits per heavy atom. The summed E-state index contributed by atoms with van der Waals surface area (Å²) in [7, 11) is 0. The minimum Gasteiger partial charge on any atom is -0.380 e. The van der Waals surface area contributed by atoms with E-state index in [-0.39, 0.29) is 11.6 Å². The molecule has 4 heteroatoms. The number of rotatable bonds is 4. The van der Waals surface area contributed by atoms with Crippen LogP contribution in [0.1, 0.15) is 31.7 Å². The summed E-state index contributed by atoms with van der Waals surface area (Å²) in [5.41, 5.74) is 0.694. The summed E-state index contributed by atoms with van der Waals surface area (Å²) in [5.74, 6) is -0.460. The van der Waals surface area contributed by atoms with Gasteiger partial charge in [-0.3, -0.25) is 0 Å². The van der Waals surface area contributed by atoms with Crippen molar-refractivity contribution in [3.8, 4) is 6.07 Å². The van der Waals surface area contributed by atoms with Gasteiger partial charge in [0.15, 0.2) is 0 Å². The zero-order valence-electron chi connectivity index (χ0n) is 11.3. The minimum atomic E-state index is -0.460. The quantitative estimate of drug-likeness (QED) is 0.905. The zero-order chi connectivity index (χ0) is 13.7. The number of nitrogens with zero attached hydrogens (tertiary/aromatic N) is 2. The van der Waals surface area contributed by atoms with Crippen LogP contribution in [0.4, 0.5) is 10.1 Å². The van der Waals surface area contributed by atoms with E-state index in [4.69, 9.17) is 5.26 Å². The molecule has 0 saturated carbocycles. The Balaban J connectivity index is 1.97. The zero-order valence-corrected chi connectivity index (χ0v) is 11.3. The summed E-state index contributed by atoms with van der Waals surface area (Å²) in [6, 6.07) is 6.83. The van der Waals surface area contributed by atoms with Crippen molar-refractivity contribution in [2.45, 2.75) is 32.2 Å². The number of nitriles is 1. The number of likely N-dealkylation sites (tertiary alicyclic amines) is 1. The van der Waals surface area contributed by atoms with Crippen LogP contribution < -0.4 is 5.32 Å². The van der Waals surface area contributed by atoms with Crippen LogP contribution in [0.3, 0.4) is 0 Å². The summed E-state index contributed by atoms with van der Waals surface area (Å²) in [5, 5.41) is 12.2. The van der Waals surface area contributed by atoms with E-state index in [1.54, 1.807) is 12.1 Å². The van der Waals surface area contributed by atoms with Gasteiger partial charge in [-0.1, -0.05) is 12.5 Å². The van der Waals surface area contributed by atoms with Gasteiger partial charge < -0.3 is 10.2 Å². The van der Waals surface area contributed by atoms with E-state index in [2.05, 4.69) is 17.1 Å². The van der Waals surface area contributed by atoms with Crippen molar-refractivity contribution in [3.63, 3.8) is 0 Å². The van der Waals surface area contributed by atoms with E-state index in [1.165, 1.54) is 25.3 Å². The van der Waals surface area contributed by atoms with Gasteiger partial charge >= 0.3 is 0 Å². The van der Waals surface area contributed by atoms with Crippen molar-refractivity contribution >= 4 is 5.69 Å². The summed E-state index contributed by atoms with van der Waals surface area (Å²) in [6.07, 6.45) is 3.84. The van der Waals surface area contributed by atoms with Crippen LogP contribution in [0.15, 0.2) is 18.2 Å². The molecule has 2 rings (SSSR count). The fraction of sp³-hybridized carbons (Fsp3) is 0.533. The van der Waals surface area contributed by atoms with Crippen molar-refractivity contribution < 1.29 is 4.39 Å². The number of benzene rings is 1. The molecule has 1 fully saturated rings. The number of piperidine rings is 1. The summed E-state index contributed by atoms with van der Waals surface area (Å²) in [6.45, 7) is 5.28. The molecule has 0 spiro atoms. The van der Waals surface area contributed by atoms with Crippen molar-refractivity contribution in [1.82, 2.24) is 4.90 Å². The van der Waals surface area contributed by atoms with E-state index >= 15 is 0 Å². The third-order valence-corrected chi connectivity index (χ3v) is 3.51. The highest BCUT2D eigenvalue weighted by Gasteiger charge is 2.15. The van der Waals surface area contributed by atoms with Gasteiger partial charge in [0.25, 0.3) is 0 Å².